The highest BCUT2D eigenvalue weighted by atomic mass is 35.5. The van der Waals surface area contributed by atoms with E-state index in [0.29, 0.717) is 22.8 Å². The molecule has 2 N–H and O–H groups in total. The van der Waals surface area contributed by atoms with Crippen LogP contribution in [0.2, 0.25) is 5.02 Å². The molecule has 0 atom stereocenters. The lowest BCUT2D eigenvalue weighted by Gasteiger charge is -2.08. The molecule has 0 saturated heterocycles. The van der Waals surface area contributed by atoms with E-state index in [1.807, 2.05) is 6.07 Å². The van der Waals surface area contributed by atoms with Crippen molar-refractivity contribution in [1.82, 2.24) is 4.98 Å². The summed E-state index contributed by atoms with van der Waals surface area (Å²) in [6, 6.07) is 8.80. The summed E-state index contributed by atoms with van der Waals surface area (Å²) in [5.74, 6) is -0.257. The van der Waals surface area contributed by atoms with Crippen molar-refractivity contribution in [1.29, 1.82) is 0 Å². The largest absolute Gasteiger partial charge is 0.380 e. The number of hydrogen-bond donors (Lipinski definition) is 2. The monoisotopic (exact) mass is 287 g/mol. The van der Waals surface area contributed by atoms with E-state index in [-0.39, 0.29) is 5.91 Å². The lowest BCUT2D eigenvalue weighted by molar-refractivity contribution is 0.102. The number of halogens is 1. The molecule has 0 spiro atoms. The number of carbonyl (C=O) groups excluding carboxylic acids is 1. The van der Waals surface area contributed by atoms with E-state index in [1.165, 1.54) is 6.20 Å². The van der Waals surface area contributed by atoms with Gasteiger partial charge in [0.05, 0.1) is 22.0 Å². The van der Waals surface area contributed by atoms with Gasteiger partial charge in [0.1, 0.15) is 0 Å². The second-order valence-electron chi connectivity index (χ2n) is 4.07. The minimum Gasteiger partial charge on any atom is -0.380 e. The van der Waals surface area contributed by atoms with Gasteiger partial charge in [0.15, 0.2) is 0 Å². The lowest BCUT2D eigenvalue weighted by Crippen LogP contribution is -2.13. The van der Waals surface area contributed by atoms with E-state index in [4.69, 9.17) is 11.6 Å². The zero-order chi connectivity index (χ0) is 14.4. The van der Waals surface area contributed by atoms with E-state index in [9.17, 15) is 4.79 Å². The van der Waals surface area contributed by atoms with Crippen molar-refractivity contribution in [3.63, 3.8) is 0 Å². The van der Waals surface area contributed by atoms with E-state index < -0.39 is 0 Å². The Morgan fingerprint density at radius 2 is 2.15 bits per heavy atom. The second kappa shape index (κ2) is 6.73. The number of amides is 1. The standard InChI is InChI=1S/C15H14ClN3O/c1-2-7-18-12-8-11(9-17-10-12)15(20)19-14-6-4-3-5-13(14)16/h2-6,8-10,18H,1,7H2,(H,19,20). The molecule has 0 aliphatic carbocycles. The number of pyridine rings is 1. The maximum atomic E-state index is 12.1. The van der Waals surface area contributed by atoms with Gasteiger partial charge < -0.3 is 10.6 Å². The fourth-order valence-electron chi connectivity index (χ4n) is 1.61. The molecule has 0 bridgehead atoms. The molecule has 1 aromatic carbocycles. The van der Waals surface area contributed by atoms with Gasteiger partial charge in [0.25, 0.3) is 5.91 Å². The Bertz CT molecular complexity index is 628. The van der Waals surface area contributed by atoms with Crippen molar-refractivity contribution >= 4 is 28.9 Å². The quantitative estimate of drug-likeness (QED) is 0.826. The summed E-state index contributed by atoms with van der Waals surface area (Å²) in [5, 5.41) is 6.32. The van der Waals surface area contributed by atoms with Crippen LogP contribution in [0.5, 0.6) is 0 Å². The molecular formula is C15H14ClN3O. The van der Waals surface area contributed by atoms with Crippen molar-refractivity contribution in [2.75, 3.05) is 17.2 Å². The van der Waals surface area contributed by atoms with Crippen molar-refractivity contribution in [3.05, 3.63) is 66.0 Å². The Morgan fingerprint density at radius 1 is 1.35 bits per heavy atom. The van der Waals surface area contributed by atoms with Crippen LogP contribution in [0.25, 0.3) is 0 Å². The van der Waals surface area contributed by atoms with Crippen molar-refractivity contribution in [2.24, 2.45) is 0 Å². The number of para-hydroxylation sites is 1. The molecular weight excluding hydrogens is 274 g/mol. The molecule has 5 heteroatoms. The van der Waals surface area contributed by atoms with Crippen molar-refractivity contribution < 1.29 is 4.79 Å². The fourth-order valence-corrected chi connectivity index (χ4v) is 1.79. The van der Waals surface area contributed by atoms with Gasteiger partial charge >= 0.3 is 0 Å². The highest BCUT2D eigenvalue weighted by molar-refractivity contribution is 6.33. The van der Waals surface area contributed by atoms with E-state index in [0.717, 1.165) is 5.69 Å². The molecule has 0 radical (unpaired) electrons. The van der Waals surface area contributed by atoms with Gasteiger partial charge in [0, 0.05) is 18.9 Å². The molecule has 0 saturated carbocycles. The molecule has 0 fully saturated rings. The molecule has 2 aromatic rings. The fraction of sp³-hybridized carbons (Fsp3) is 0.0667. The number of nitrogens with one attached hydrogen (secondary N) is 2. The maximum Gasteiger partial charge on any atom is 0.257 e. The third-order valence-corrected chi connectivity index (χ3v) is 2.90. The SMILES string of the molecule is C=CCNc1cncc(C(=O)Nc2ccccc2Cl)c1. The first-order valence-corrected chi connectivity index (χ1v) is 6.44. The molecule has 0 aliphatic rings. The van der Waals surface area contributed by atoms with E-state index in [1.54, 1.807) is 36.5 Å². The highest BCUT2D eigenvalue weighted by Crippen LogP contribution is 2.21. The number of nitrogens with zero attached hydrogens (tertiary/aromatic N) is 1. The Morgan fingerprint density at radius 3 is 2.90 bits per heavy atom. The molecule has 1 aromatic heterocycles. The predicted molar refractivity (Wildman–Crippen MR) is 82.3 cm³/mol. The van der Waals surface area contributed by atoms with Gasteiger partial charge in [-0.05, 0) is 18.2 Å². The van der Waals surface area contributed by atoms with Crippen LogP contribution in [0, 0.1) is 0 Å². The molecule has 1 heterocycles. The van der Waals surface area contributed by atoms with Gasteiger partial charge in [-0.1, -0.05) is 29.8 Å². The molecule has 0 unspecified atom stereocenters. The number of rotatable bonds is 5. The van der Waals surface area contributed by atoms with Crippen LogP contribution >= 0.6 is 11.6 Å². The van der Waals surface area contributed by atoms with Gasteiger partial charge in [-0.25, -0.2) is 0 Å². The minimum atomic E-state index is -0.257. The number of anilines is 2. The summed E-state index contributed by atoms with van der Waals surface area (Å²) in [5.41, 5.74) is 1.79. The summed E-state index contributed by atoms with van der Waals surface area (Å²) in [6.07, 6.45) is 4.89. The molecule has 4 nitrogen and oxygen atoms in total. The second-order valence-corrected chi connectivity index (χ2v) is 4.47. The zero-order valence-electron chi connectivity index (χ0n) is 10.8. The Labute approximate surface area is 122 Å². The van der Waals surface area contributed by atoms with Gasteiger partial charge in [0.2, 0.25) is 0 Å². The number of benzene rings is 1. The predicted octanol–water partition coefficient (Wildman–Crippen LogP) is 3.59. The van der Waals surface area contributed by atoms with Crippen LogP contribution in [0.4, 0.5) is 11.4 Å². The van der Waals surface area contributed by atoms with Crippen LogP contribution in [0.15, 0.2) is 55.4 Å². The Kier molecular flexibility index (Phi) is 4.74. The third-order valence-electron chi connectivity index (χ3n) is 2.57. The molecule has 1 amide bonds. The van der Waals surface area contributed by atoms with E-state index >= 15 is 0 Å². The highest BCUT2D eigenvalue weighted by Gasteiger charge is 2.09. The Balaban J connectivity index is 2.13. The average Bonchev–Trinajstić information content (AvgIpc) is 2.48. The van der Waals surface area contributed by atoms with Crippen LogP contribution in [0.1, 0.15) is 10.4 Å². The molecule has 0 aliphatic heterocycles. The summed E-state index contributed by atoms with van der Waals surface area (Å²) in [6.45, 7) is 4.23. The normalized spacial score (nSPS) is 9.85. The summed E-state index contributed by atoms with van der Waals surface area (Å²) in [4.78, 5) is 16.2. The number of hydrogen-bond acceptors (Lipinski definition) is 3. The first-order valence-electron chi connectivity index (χ1n) is 6.06. The van der Waals surface area contributed by atoms with Crippen molar-refractivity contribution in [2.45, 2.75) is 0 Å². The smallest absolute Gasteiger partial charge is 0.257 e. The van der Waals surface area contributed by atoms with Crippen LogP contribution in [-0.4, -0.2) is 17.4 Å². The Hall–Kier alpha value is -2.33. The lowest BCUT2D eigenvalue weighted by atomic mass is 10.2. The molecule has 2 rings (SSSR count). The summed E-state index contributed by atoms with van der Waals surface area (Å²) >= 11 is 6.00. The summed E-state index contributed by atoms with van der Waals surface area (Å²) in [7, 11) is 0. The topological polar surface area (TPSA) is 54.0 Å². The number of aromatic nitrogens is 1. The van der Waals surface area contributed by atoms with Gasteiger partial charge in [-0.3, -0.25) is 9.78 Å². The first kappa shape index (κ1) is 14.1. The van der Waals surface area contributed by atoms with Crippen LogP contribution < -0.4 is 10.6 Å². The first-order chi connectivity index (χ1) is 9.70. The van der Waals surface area contributed by atoms with E-state index in [2.05, 4.69) is 22.2 Å². The average molecular weight is 288 g/mol. The maximum absolute atomic E-state index is 12.1. The van der Waals surface area contributed by atoms with Gasteiger partial charge in [-0.2, -0.15) is 0 Å². The molecule has 20 heavy (non-hydrogen) atoms. The zero-order valence-corrected chi connectivity index (χ0v) is 11.5. The number of carbonyl (C=O) groups is 1. The van der Waals surface area contributed by atoms with Crippen LogP contribution in [-0.2, 0) is 0 Å². The molecule has 102 valence electrons. The van der Waals surface area contributed by atoms with Crippen LogP contribution in [0.3, 0.4) is 0 Å². The third kappa shape index (κ3) is 3.59. The van der Waals surface area contributed by atoms with Gasteiger partial charge in [-0.15, -0.1) is 6.58 Å². The minimum absolute atomic E-state index is 0.257. The summed E-state index contributed by atoms with van der Waals surface area (Å²) < 4.78 is 0. The van der Waals surface area contributed by atoms with Crippen molar-refractivity contribution in [3.8, 4) is 0 Å².